The molecule has 3 N–H and O–H groups in total. The number of ether oxygens (including phenoxy) is 1. The lowest BCUT2D eigenvalue weighted by Crippen LogP contribution is -2.46. The number of phenols is 1. The minimum atomic E-state index is -1.09. The Kier molecular flexibility index (Phi) is 7.23. The van der Waals surface area contributed by atoms with Crippen LogP contribution in [-0.2, 0) is 17.9 Å². The number of aromatic hydroxyl groups is 1. The van der Waals surface area contributed by atoms with E-state index in [-0.39, 0.29) is 22.8 Å². The summed E-state index contributed by atoms with van der Waals surface area (Å²) in [5.41, 5.74) is 2.37. The van der Waals surface area contributed by atoms with Gasteiger partial charge in [-0.1, -0.05) is 56.3 Å². The summed E-state index contributed by atoms with van der Waals surface area (Å²) in [5.74, 6) is 0.0139. The molecule has 4 aromatic rings. The second-order valence-corrected chi connectivity index (χ2v) is 11.9. The van der Waals surface area contributed by atoms with E-state index in [1.165, 1.54) is 12.1 Å². The Morgan fingerprint density at radius 2 is 1.60 bits per heavy atom. The van der Waals surface area contributed by atoms with Crippen LogP contribution in [0.2, 0.25) is 0 Å². The molecule has 8 heteroatoms. The molecule has 1 amide bonds. The zero-order valence-corrected chi connectivity index (χ0v) is 23.5. The number of phenolic OH excluding ortho intramolecular Hbond substituents is 1. The first-order chi connectivity index (χ1) is 18.9. The van der Waals surface area contributed by atoms with E-state index >= 15 is 0 Å². The molecule has 0 fully saturated rings. The first kappa shape index (κ1) is 27.5. The zero-order chi connectivity index (χ0) is 28.7. The predicted octanol–water partition coefficient (Wildman–Crippen LogP) is 5.60. The number of hydrogen-bond donors (Lipinski definition) is 3. The normalized spacial score (nSPS) is 15.4. The summed E-state index contributed by atoms with van der Waals surface area (Å²) in [5, 5.41) is 24.1. The van der Waals surface area contributed by atoms with Crippen LogP contribution in [0, 0.1) is 5.41 Å². The van der Waals surface area contributed by atoms with Crippen molar-refractivity contribution in [1.82, 2.24) is 9.13 Å². The minimum Gasteiger partial charge on any atom is -0.508 e. The highest BCUT2D eigenvalue weighted by molar-refractivity contribution is 6.00. The van der Waals surface area contributed by atoms with E-state index in [0.29, 0.717) is 42.9 Å². The Morgan fingerprint density at radius 3 is 2.30 bits per heavy atom. The van der Waals surface area contributed by atoms with Crippen molar-refractivity contribution in [2.75, 3.05) is 5.32 Å². The highest BCUT2D eigenvalue weighted by Crippen LogP contribution is 2.44. The smallest absolute Gasteiger partial charge is 0.329 e. The fraction of sp³-hybridized carbons (Fsp3) is 0.375. The summed E-state index contributed by atoms with van der Waals surface area (Å²) in [6.45, 7) is 8.65. The van der Waals surface area contributed by atoms with Crippen molar-refractivity contribution in [3.63, 3.8) is 0 Å². The Bertz CT molecular complexity index is 1600. The third kappa shape index (κ3) is 5.49. The molecule has 210 valence electrons. The number of imidazole rings is 1. The second kappa shape index (κ2) is 10.5. The van der Waals surface area contributed by atoms with E-state index in [0.717, 1.165) is 23.0 Å². The molecule has 1 aliphatic rings. The molecule has 1 unspecified atom stereocenters. The number of nitrogens with zero attached hydrogens (tertiary/aromatic N) is 2. The lowest BCUT2D eigenvalue weighted by molar-refractivity contribution is -0.129. The van der Waals surface area contributed by atoms with Crippen molar-refractivity contribution in [3.05, 3.63) is 88.3 Å². The topological polar surface area (TPSA) is 106 Å². The van der Waals surface area contributed by atoms with Gasteiger partial charge in [-0.2, -0.15) is 0 Å². The summed E-state index contributed by atoms with van der Waals surface area (Å²) in [7, 11) is 0. The Labute approximate surface area is 233 Å². The van der Waals surface area contributed by atoms with Gasteiger partial charge in [0.2, 0.25) is 0 Å². The Morgan fingerprint density at radius 1 is 0.950 bits per heavy atom. The van der Waals surface area contributed by atoms with Crippen LogP contribution in [0.1, 0.15) is 64.2 Å². The van der Waals surface area contributed by atoms with Crippen molar-refractivity contribution in [1.29, 1.82) is 0 Å². The summed E-state index contributed by atoms with van der Waals surface area (Å²) in [4.78, 5) is 25.8. The molecule has 1 atom stereocenters. The number of hydrogen-bond acceptors (Lipinski definition) is 5. The SMILES string of the molecule is CC(C)(CCC(O)c1cc(O)cc2c1OC(C)(C)C(=O)N2)CCn1c(=O)n(Cc2ccccc2)c2ccccc21. The highest BCUT2D eigenvalue weighted by atomic mass is 16.5. The summed E-state index contributed by atoms with van der Waals surface area (Å²) < 4.78 is 9.63. The summed E-state index contributed by atoms with van der Waals surface area (Å²) in [6.07, 6.45) is 0.926. The van der Waals surface area contributed by atoms with Gasteiger partial charge in [0.15, 0.2) is 11.4 Å². The lowest BCUT2D eigenvalue weighted by Gasteiger charge is -2.34. The maximum atomic E-state index is 13.5. The number of nitrogens with one attached hydrogen (secondary N) is 1. The van der Waals surface area contributed by atoms with E-state index in [2.05, 4.69) is 19.2 Å². The number of aromatic nitrogens is 2. The number of rotatable bonds is 9. The molecule has 1 aliphatic heterocycles. The van der Waals surface area contributed by atoms with E-state index in [4.69, 9.17) is 4.74 Å². The fourth-order valence-corrected chi connectivity index (χ4v) is 5.29. The van der Waals surface area contributed by atoms with E-state index in [1.54, 1.807) is 13.8 Å². The molecular formula is C32H37N3O5. The quantitative estimate of drug-likeness (QED) is 0.255. The van der Waals surface area contributed by atoms with Gasteiger partial charge >= 0.3 is 5.69 Å². The second-order valence-electron chi connectivity index (χ2n) is 11.9. The largest absolute Gasteiger partial charge is 0.508 e. The molecule has 0 radical (unpaired) electrons. The van der Waals surface area contributed by atoms with Gasteiger partial charge < -0.3 is 20.3 Å². The van der Waals surface area contributed by atoms with E-state index < -0.39 is 11.7 Å². The number of amides is 1. The number of fused-ring (bicyclic) bond motifs is 2. The van der Waals surface area contributed by atoms with Gasteiger partial charge in [-0.05, 0) is 62.3 Å². The van der Waals surface area contributed by atoms with Crippen LogP contribution in [0.15, 0.2) is 71.5 Å². The summed E-state index contributed by atoms with van der Waals surface area (Å²) >= 11 is 0. The standard InChI is InChI=1S/C32H37N3O5/c1-31(2,15-14-27(37)23-18-22(36)19-24-28(23)40-32(3,4)29(38)33-24)16-17-34-25-12-8-9-13-26(25)35(30(34)39)20-21-10-6-5-7-11-21/h5-13,18-19,27,36-37H,14-17,20H2,1-4H3,(H,33,38). The van der Waals surface area contributed by atoms with Crippen LogP contribution in [0.4, 0.5) is 5.69 Å². The molecule has 0 saturated carbocycles. The highest BCUT2D eigenvalue weighted by Gasteiger charge is 2.38. The molecule has 0 saturated heterocycles. The molecule has 3 aromatic carbocycles. The number of benzene rings is 3. The van der Waals surface area contributed by atoms with Crippen molar-refractivity contribution < 1.29 is 19.7 Å². The van der Waals surface area contributed by atoms with Gasteiger partial charge in [0.1, 0.15) is 5.75 Å². The average molecular weight is 544 g/mol. The van der Waals surface area contributed by atoms with Gasteiger partial charge in [0.25, 0.3) is 5.91 Å². The van der Waals surface area contributed by atoms with Gasteiger partial charge in [0, 0.05) is 18.2 Å². The molecule has 2 heterocycles. The van der Waals surface area contributed by atoms with Crippen LogP contribution < -0.4 is 15.7 Å². The number of aliphatic hydroxyl groups is 1. The van der Waals surface area contributed by atoms with Crippen molar-refractivity contribution in [3.8, 4) is 11.5 Å². The van der Waals surface area contributed by atoms with Crippen LogP contribution in [-0.4, -0.2) is 30.9 Å². The predicted molar refractivity (Wildman–Crippen MR) is 156 cm³/mol. The molecule has 0 spiro atoms. The van der Waals surface area contributed by atoms with Crippen LogP contribution in [0.25, 0.3) is 11.0 Å². The van der Waals surface area contributed by atoms with Crippen molar-refractivity contribution in [2.24, 2.45) is 5.41 Å². The van der Waals surface area contributed by atoms with Crippen LogP contribution >= 0.6 is 0 Å². The van der Waals surface area contributed by atoms with Crippen molar-refractivity contribution in [2.45, 2.75) is 71.8 Å². The fourth-order valence-electron chi connectivity index (χ4n) is 5.29. The first-order valence-corrected chi connectivity index (χ1v) is 13.7. The van der Waals surface area contributed by atoms with Crippen molar-refractivity contribution >= 4 is 22.6 Å². The summed E-state index contributed by atoms with van der Waals surface area (Å²) in [6, 6.07) is 20.8. The van der Waals surface area contributed by atoms with E-state index in [9.17, 15) is 19.8 Å². The van der Waals surface area contributed by atoms with Crippen LogP contribution in [0.3, 0.4) is 0 Å². The number of carbonyl (C=O) groups is 1. The molecule has 8 nitrogen and oxygen atoms in total. The zero-order valence-electron chi connectivity index (χ0n) is 23.5. The van der Waals surface area contributed by atoms with Gasteiger partial charge in [-0.25, -0.2) is 4.79 Å². The minimum absolute atomic E-state index is 0.0333. The first-order valence-electron chi connectivity index (χ1n) is 13.7. The Hall–Kier alpha value is -4.04. The molecule has 5 rings (SSSR count). The number of carbonyl (C=O) groups excluding carboxylic acids is 1. The number of aryl methyl sites for hydroxylation is 1. The maximum absolute atomic E-state index is 13.5. The van der Waals surface area contributed by atoms with Gasteiger partial charge in [0.05, 0.1) is 29.4 Å². The number of aliphatic hydroxyl groups excluding tert-OH is 1. The molecular weight excluding hydrogens is 506 g/mol. The third-order valence-electron chi connectivity index (χ3n) is 7.83. The van der Waals surface area contributed by atoms with Crippen LogP contribution in [0.5, 0.6) is 11.5 Å². The molecule has 40 heavy (non-hydrogen) atoms. The molecule has 0 aliphatic carbocycles. The van der Waals surface area contributed by atoms with E-state index in [1.807, 2.05) is 63.7 Å². The number of anilines is 1. The lowest BCUT2D eigenvalue weighted by atomic mass is 9.82. The molecule has 1 aromatic heterocycles. The van der Waals surface area contributed by atoms with Gasteiger partial charge in [-0.15, -0.1) is 0 Å². The third-order valence-corrected chi connectivity index (χ3v) is 7.83. The molecule has 0 bridgehead atoms. The average Bonchev–Trinajstić information content (AvgIpc) is 3.17. The number of para-hydroxylation sites is 2. The van der Waals surface area contributed by atoms with Gasteiger partial charge in [-0.3, -0.25) is 13.9 Å². The maximum Gasteiger partial charge on any atom is 0.329 e. The Balaban J connectivity index is 1.31. The monoisotopic (exact) mass is 543 g/mol.